The molecular weight excluding hydrogens is 202 g/mol. The van der Waals surface area contributed by atoms with E-state index in [-0.39, 0.29) is 12.0 Å². The van der Waals surface area contributed by atoms with Crippen LogP contribution in [0.2, 0.25) is 0 Å². The van der Waals surface area contributed by atoms with Crippen LogP contribution >= 0.6 is 0 Å². The Morgan fingerprint density at radius 2 is 2.20 bits per heavy atom. The molecule has 4 heteroatoms. The highest BCUT2D eigenvalue weighted by Crippen LogP contribution is 2.41. The van der Waals surface area contributed by atoms with Crippen molar-refractivity contribution in [3.05, 3.63) is 34.9 Å². The van der Waals surface area contributed by atoms with Crippen LogP contribution in [-0.4, -0.2) is 13.1 Å². The third-order valence-electron chi connectivity index (χ3n) is 2.63. The molecule has 0 N–H and O–H groups in total. The van der Waals surface area contributed by atoms with Gasteiger partial charge in [0, 0.05) is 12.0 Å². The number of hydrogen-bond donors (Lipinski definition) is 0. The van der Waals surface area contributed by atoms with Crippen molar-refractivity contribution < 1.29 is 18.3 Å². The molecule has 1 aromatic carbocycles. The van der Waals surface area contributed by atoms with Gasteiger partial charge in [0.25, 0.3) is 5.92 Å². The minimum atomic E-state index is -2.75. The predicted octanol–water partition coefficient (Wildman–Crippen LogP) is 2.51. The molecule has 0 spiro atoms. The number of hydrogen-bond acceptors (Lipinski definition) is 2. The summed E-state index contributed by atoms with van der Waals surface area (Å²) in [6.45, 7) is 0. The van der Waals surface area contributed by atoms with Gasteiger partial charge in [0.2, 0.25) is 0 Å². The van der Waals surface area contributed by atoms with Crippen molar-refractivity contribution in [3.8, 4) is 0 Å². The molecule has 0 aliphatic heterocycles. The van der Waals surface area contributed by atoms with Crippen molar-refractivity contribution in [2.75, 3.05) is 7.11 Å². The molecule has 0 fully saturated rings. The summed E-state index contributed by atoms with van der Waals surface area (Å²) in [6, 6.07) is 4.18. The fourth-order valence-corrected chi connectivity index (χ4v) is 1.83. The van der Waals surface area contributed by atoms with Crippen molar-refractivity contribution in [2.24, 2.45) is 0 Å². The number of halogens is 2. The molecule has 0 radical (unpaired) electrons. The van der Waals surface area contributed by atoms with Gasteiger partial charge in [0.15, 0.2) is 0 Å². The van der Waals surface area contributed by atoms with E-state index in [1.165, 1.54) is 25.3 Å². The van der Waals surface area contributed by atoms with Crippen molar-refractivity contribution >= 4 is 5.97 Å². The molecule has 1 aromatic rings. The third-order valence-corrected chi connectivity index (χ3v) is 2.63. The van der Waals surface area contributed by atoms with Crippen LogP contribution in [0.4, 0.5) is 8.78 Å². The quantitative estimate of drug-likeness (QED) is 0.668. The van der Waals surface area contributed by atoms with Crippen LogP contribution in [0.1, 0.15) is 27.9 Å². The Balaban J connectivity index is 2.42. The number of carbonyl (C=O) groups is 1. The molecule has 0 aromatic heterocycles. The summed E-state index contributed by atoms with van der Waals surface area (Å²) in [5.41, 5.74) is 0.909. The van der Waals surface area contributed by atoms with Crippen molar-refractivity contribution in [2.45, 2.75) is 18.8 Å². The summed E-state index contributed by atoms with van der Waals surface area (Å²) >= 11 is 0. The van der Waals surface area contributed by atoms with Crippen LogP contribution in [0, 0.1) is 0 Å². The summed E-state index contributed by atoms with van der Waals surface area (Å²) in [6.07, 6.45) is 0.139. The summed E-state index contributed by atoms with van der Waals surface area (Å²) < 4.78 is 31.0. The summed E-state index contributed by atoms with van der Waals surface area (Å²) in [4.78, 5) is 11.2. The lowest BCUT2D eigenvalue weighted by Gasteiger charge is -2.09. The number of alkyl halides is 2. The maximum atomic E-state index is 13.2. The molecule has 0 atom stereocenters. The minimum absolute atomic E-state index is 0.0372. The highest BCUT2D eigenvalue weighted by molar-refractivity contribution is 5.89. The van der Waals surface area contributed by atoms with Crippen LogP contribution in [0.5, 0.6) is 0 Å². The molecule has 1 aliphatic rings. The van der Waals surface area contributed by atoms with E-state index in [2.05, 4.69) is 4.74 Å². The van der Waals surface area contributed by atoms with E-state index < -0.39 is 11.9 Å². The van der Waals surface area contributed by atoms with E-state index in [0.29, 0.717) is 17.5 Å². The zero-order valence-electron chi connectivity index (χ0n) is 8.22. The van der Waals surface area contributed by atoms with Gasteiger partial charge in [-0.2, -0.15) is 0 Å². The molecule has 2 rings (SSSR count). The van der Waals surface area contributed by atoms with Gasteiger partial charge in [-0.05, 0) is 24.1 Å². The van der Waals surface area contributed by atoms with Gasteiger partial charge in [0.05, 0.1) is 12.7 Å². The van der Waals surface area contributed by atoms with E-state index >= 15 is 0 Å². The molecule has 0 saturated carbocycles. The number of ether oxygens (including phenoxy) is 1. The number of rotatable bonds is 1. The molecule has 15 heavy (non-hydrogen) atoms. The Kier molecular flexibility index (Phi) is 2.21. The maximum absolute atomic E-state index is 13.2. The second kappa shape index (κ2) is 3.29. The average molecular weight is 212 g/mol. The van der Waals surface area contributed by atoms with Gasteiger partial charge in [-0.15, -0.1) is 0 Å². The maximum Gasteiger partial charge on any atom is 0.337 e. The normalized spacial score (nSPS) is 17.3. The van der Waals surface area contributed by atoms with Gasteiger partial charge in [-0.1, -0.05) is 6.07 Å². The van der Waals surface area contributed by atoms with Crippen LogP contribution in [0.3, 0.4) is 0 Å². The number of aryl methyl sites for hydroxylation is 1. The molecule has 0 saturated heterocycles. The van der Waals surface area contributed by atoms with Gasteiger partial charge < -0.3 is 4.74 Å². The van der Waals surface area contributed by atoms with E-state index in [1.54, 1.807) is 0 Å². The number of methoxy groups -OCH3 is 1. The van der Waals surface area contributed by atoms with Crippen LogP contribution in [-0.2, 0) is 17.1 Å². The van der Waals surface area contributed by atoms with Crippen molar-refractivity contribution in [3.63, 3.8) is 0 Å². The second-order valence-electron chi connectivity index (χ2n) is 3.57. The first kappa shape index (κ1) is 10.1. The van der Waals surface area contributed by atoms with Gasteiger partial charge in [-0.3, -0.25) is 0 Å². The fourth-order valence-electron chi connectivity index (χ4n) is 1.83. The Labute approximate surface area is 85.9 Å². The van der Waals surface area contributed by atoms with Gasteiger partial charge in [-0.25, -0.2) is 13.6 Å². The predicted molar refractivity (Wildman–Crippen MR) is 50.0 cm³/mol. The number of esters is 1. The van der Waals surface area contributed by atoms with Gasteiger partial charge in [0.1, 0.15) is 0 Å². The Morgan fingerprint density at radius 1 is 1.47 bits per heavy atom. The van der Waals surface area contributed by atoms with E-state index in [4.69, 9.17) is 0 Å². The molecule has 0 unspecified atom stereocenters. The van der Waals surface area contributed by atoms with Crippen LogP contribution in [0.15, 0.2) is 18.2 Å². The zero-order chi connectivity index (χ0) is 11.1. The lowest BCUT2D eigenvalue weighted by Crippen LogP contribution is -2.08. The van der Waals surface area contributed by atoms with Crippen molar-refractivity contribution in [1.29, 1.82) is 0 Å². The van der Waals surface area contributed by atoms with E-state index in [0.717, 1.165) is 0 Å². The standard InChI is InChI=1S/C11H10F2O2/c1-15-10(14)8-2-3-9-7(6-8)4-5-11(9,12)13/h2-3,6H,4-5H2,1H3. The molecular formula is C11H10F2O2. The fraction of sp³-hybridized carbons (Fsp3) is 0.364. The average Bonchev–Trinajstić information content (AvgIpc) is 2.53. The minimum Gasteiger partial charge on any atom is -0.465 e. The number of benzene rings is 1. The zero-order valence-corrected chi connectivity index (χ0v) is 8.22. The summed E-state index contributed by atoms with van der Waals surface area (Å²) in [5.74, 6) is -3.24. The third kappa shape index (κ3) is 1.60. The second-order valence-corrected chi connectivity index (χ2v) is 3.57. The largest absolute Gasteiger partial charge is 0.465 e. The molecule has 0 heterocycles. The Hall–Kier alpha value is -1.45. The van der Waals surface area contributed by atoms with Gasteiger partial charge >= 0.3 is 5.97 Å². The summed E-state index contributed by atoms with van der Waals surface area (Å²) in [5, 5.41) is 0. The number of fused-ring (bicyclic) bond motifs is 1. The highest BCUT2D eigenvalue weighted by Gasteiger charge is 2.39. The van der Waals surface area contributed by atoms with Crippen molar-refractivity contribution in [1.82, 2.24) is 0 Å². The first-order chi connectivity index (χ1) is 7.04. The highest BCUT2D eigenvalue weighted by atomic mass is 19.3. The molecule has 80 valence electrons. The molecule has 1 aliphatic carbocycles. The first-order valence-corrected chi connectivity index (χ1v) is 4.64. The molecule has 0 amide bonds. The SMILES string of the molecule is COC(=O)c1ccc2c(c1)CCC2(F)F. The molecule has 2 nitrogen and oxygen atoms in total. The monoisotopic (exact) mass is 212 g/mol. The first-order valence-electron chi connectivity index (χ1n) is 4.64. The molecule has 0 bridgehead atoms. The summed E-state index contributed by atoms with van der Waals surface area (Å²) in [7, 11) is 1.27. The topological polar surface area (TPSA) is 26.3 Å². The Morgan fingerprint density at radius 3 is 2.87 bits per heavy atom. The lowest BCUT2D eigenvalue weighted by molar-refractivity contribution is -0.00187. The lowest BCUT2D eigenvalue weighted by atomic mass is 10.1. The van der Waals surface area contributed by atoms with E-state index in [1.807, 2.05) is 0 Å². The number of carbonyl (C=O) groups excluding carboxylic acids is 1. The van der Waals surface area contributed by atoms with Crippen LogP contribution in [0.25, 0.3) is 0 Å². The Bertz CT molecular complexity index is 413. The van der Waals surface area contributed by atoms with Crippen LogP contribution < -0.4 is 0 Å². The van der Waals surface area contributed by atoms with E-state index in [9.17, 15) is 13.6 Å². The smallest absolute Gasteiger partial charge is 0.337 e.